The van der Waals surface area contributed by atoms with Crippen molar-refractivity contribution in [3.8, 4) is 39.6 Å². The standard InChI is InChI=1S/C56H42N4O/c1-56(2,3)41-28-32-50-49(34-41)48-30-29-44(36-52(48)60(50)53-26-12-13-33-57-53)61-43-22-14-21-42(35-43)58-37-59(55-47-23-11-10-20-40(47)27-31-51(55)58)54-45(38-16-6-4-7-17-38)24-15-25-46(54)39-18-8-5-9-19-39/h4-36H,1-3H3/q+2. The molecule has 10 aromatic rings. The Kier molecular flexibility index (Phi) is 8.59. The molecule has 8 aromatic carbocycles. The quantitative estimate of drug-likeness (QED) is 0.151. The Hall–Kier alpha value is -7.85. The summed E-state index contributed by atoms with van der Waals surface area (Å²) < 4.78 is 13.4. The van der Waals surface area contributed by atoms with Gasteiger partial charge >= 0.3 is 11.7 Å². The van der Waals surface area contributed by atoms with E-state index >= 15 is 0 Å². The van der Waals surface area contributed by atoms with Gasteiger partial charge in [-0.2, -0.15) is 0 Å². The van der Waals surface area contributed by atoms with Crippen molar-refractivity contribution in [3.63, 3.8) is 0 Å². The topological polar surface area (TPSA) is 33.1 Å². The van der Waals surface area contributed by atoms with Gasteiger partial charge in [0.25, 0.3) is 5.69 Å². The summed E-state index contributed by atoms with van der Waals surface area (Å²) >= 11 is 0. The van der Waals surface area contributed by atoms with E-state index in [-0.39, 0.29) is 5.41 Å². The van der Waals surface area contributed by atoms with Crippen molar-refractivity contribution >= 4 is 61.3 Å². The van der Waals surface area contributed by atoms with Crippen LogP contribution in [0, 0.1) is 0 Å². The molecule has 0 radical (unpaired) electrons. The maximum atomic E-state index is 6.77. The SMILES string of the molecule is CC(C)(C)c1ccc2c(c1)c1ccc(Oc3cccc([N+]4=C=[N+](c5c(-c6ccccc6)cccc5-c5ccccc5)c5c4ccc4ccccc54)c3)cc1n2-c1ccccn1. The number of ether oxygens (including phenoxy) is 1. The predicted octanol–water partition coefficient (Wildman–Crippen LogP) is 14.6. The number of hydrogen-bond acceptors (Lipinski definition) is 2. The zero-order valence-corrected chi connectivity index (χ0v) is 34.2. The van der Waals surface area contributed by atoms with Gasteiger partial charge in [-0.05, 0) is 103 Å². The molecule has 0 amide bonds. The summed E-state index contributed by atoms with van der Waals surface area (Å²) in [6, 6.07) is 72.3. The molecule has 0 saturated carbocycles. The Balaban J connectivity index is 1.08. The second-order valence-corrected chi connectivity index (χ2v) is 16.6. The van der Waals surface area contributed by atoms with Gasteiger partial charge in [-0.15, -0.1) is 0 Å². The Morgan fingerprint density at radius 3 is 1.95 bits per heavy atom. The molecule has 0 saturated heterocycles. The van der Waals surface area contributed by atoms with Gasteiger partial charge < -0.3 is 4.74 Å². The highest BCUT2D eigenvalue weighted by molar-refractivity contribution is 6.10. The first-order valence-corrected chi connectivity index (χ1v) is 20.8. The molecule has 0 N–H and O–H groups in total. The Morgan fingerprint density at radius 2 is 1.21 bits per heavy atom. The van der Waals surface area contributed by atoms with E-state index in [1.807, 2.05) is 24.4 Å². The van der Waals surface area contributed by atoms with Crippen LogP contribution in [0.25, 0.3) is 60.6 Å². The normalized spacial score (nSPS) is 12.4. The van der Waals surface area contributed by atoms with Crippen molar-refractivity contribution in [3.05, 3.63) is 206 Å². The molecule has 290 valence electrons. The zero-order chi connectivity index (χ0) is 41.1. The molecule has 0 fully saturated rings. The number of hydrogen-bond donors (Lipinski definition) is 0. The molecule has 3 heterocycles. The highest BCUT2D eigenvalue weighted by Crippen LogP contribution is 2.47. The highest BCUT2D eigenvalue weighted by Gasteiger charge is 2.41. The van der Waals surface area contributed by atoms with Crippen molar-refractivity contribution < 1.29 is 4.74 Å². The molecule has 0 aliphatic carbocycles. The van der Waals surface area contributed by atoms with Gasteiger partial charge in [-0.1, -0.05) is 124 Å². The third kappa shape index (κ3) is 6.31. The van der Waals surface area contributed by atoms with Gasteiger partial charge in [0, 0.05) is 35.2 Å². The fourth-order valence-corrected chi connectivity index (χ4v) is 8.79. The van der Waals surface area contributed by atoms with E-state index in [1.54, 1.807) is 0 Å². The van der Waals surface area contributed by atoms with Crippen LogP contribution >= 0.6 is 0 Å². The molecule has 1 aliphatic heterocycles. The number of para-hydroxylation sites is 1. The lowest BCUT2D eigenvalue weighted by atomic mass is 9.86. The maximum absolute atomic E-state index is 6.77. The van der Waals surface area contributed by atoms with Crippen LogP contribution in [0.1, 0.15) is 26.3 Å². The lowest BCUT2D eigenvalue weighted by molar-refractivity contribution is 0.483. The molecule has 0 unspecified atom stereocenters. The summed E-state index contributed by atoms with van der Waals surface area (Å²) in [7, 11) is 0. The van der Waals surface area contributed by atoms with Crippen molar-refractivity contribution in [2.75, 3.05) is 0 Å². The van der Waals surface area contributed by atoms with Crippen LogP contribution in [-0.4, -0.2) is 15.6 Å². The minimum atomic E-state index is 0.0198. The average Bonchev–Trinajstić information content (AvgIpc) is 3.85. The van der Waals surface area contributed by atoms with Crippen LogP contribution < -0.4 is 13.9 Å². The van der Waals surface area contributed by atoms with E-state index in [1.165, 1.54) is 16.3 Å². The average molecular weight is 787 g/mol. The second-order valence-electron chi connectivity index (χ2n) is 16.6. The number of benzene rings is 8. The van der Waals surface area contributed by atoms with E-state index in [2.05, 4.69) is 216 Å². The monoisotopic (exact) mass is 786 g/mol. The Bertz CT molecular complexity index is 3330. The van der Waals surface area contributed by atoms with E-state index in [0.717, 1.165) is 84.1 Å². The lowest BCUT2D eigenvalue weighted by Crippen LogP contribution is -2.10. The van der Waals surface area contributed by atoms with Crippen LogP contribution in [0.5, 0.6) is 11.5 Å². The molecule has 5 nitrogen and oxygen atoms in total. The van der Waals surface area contributed by atoms with E-state index in [9.17, 15) is 0 Å². The van der Waals surface area contributed by atoms with Gasteiger partial charge in [0.05, 0.1) is 33.6 Å². The third-order valence-corrected chi connectivity index (χ3v) is 11.8. The van der Waals surface area contributed by atoms with Crippen LogP contribution in [-0.2, 0) is 5.41 Å². The largest absolute Gasteiger partial charge is 0.503 e. The number of fused-ring (bicyclic) bond motifs is 6. The first-order chi connectivity index (χ1) is 29.9. The van der Waals surface area contributed by atoms with Gasteiger partial charge in [-0.25, -0.2) is 4.98 Å². The summed E-state index contributed by atoms with van der Waals surface area (Å²) in [5, 5.41) is 4.67. The number of aromatic nitrogens is 2. The summed E-state index contributed by atoms with van der Waals surface area (Å²) in [5.74, 6) is 2.34. The molecular formula is C56H42N4O+2. The molecule has 2 aromatic heterocycles. The fraction of sp³-hybridized carbons (Fsp3) is 0.0714. The lowest BCUT2D eigenvalue weighted by Gasteiger charge is -2.19. The van der Waals surface area contributed by atoms with Crippen molar-refractivity contribution in [2.24, 2.45) is 0 Å². The molecule has 0 bridgehead atoms. The van der Waals surface area contributed by atoms with Gasteiger partial charge in [0.1, 0.15) is 17.3 Å². The van der Waals surface area contributed by atoms with Crippen molar-refractivity contribution in [2.45, 2.75) is 26.2 Å². The molecule has 11 rings (SSSR count). The molecule has 0 atom stereocenters. The first-order valence-electron chi connectivity index (χ1n) is 20.8. The van der Waals surface area contributed by atoms with Gasteiger partial charge in [-0.3, -0.25) is 4.57 Å². The minimum absolute atomic E-state index is 0.0198. The summed E-state index contributed by atoms with van der Waals surface area (Å²) in [5.41, 5.74) is 12.1. The van der Waals surface area contributed by atoms with Crippen molar-refractivity contribution in [1.82, 2.24) is 18.7 Å². The van der Waals surface area contributed by atoms with Crippen LogP contribution in [0.4, 0.5) is 22.7 Å². The smallest absolute Gasteiger partial charge is 0.457 e. The highest BCUT2D eigenvalue weighted by atomic mass is 16.5. The van der Waals surface area contributed by atoms with Crippen molar-refractivity contribution in [1.29, 1.82) is 0 Å². The van der Waals surface area contributed by atoms with Crippen LogP contribution in [0.3, 0.4) is 0 Å². The Labute approximate surface area is 355 Å². The number of rotatable bonds is 7. The van der Waals surface area contributed by atoms with Gasteiger partial charge in [0.2, 0.25) is 11.4 Å². The number of pyridine rings is 1. The minimum Gasteiger partial charge on any atom is -0.457 e. The summed E-state index contributed by atoms with van der Waals surface area (Å²) in [4.78, 5) is 4.78. The maximum Gasteiger partial charge on any atom is 0.503 e. The number of nitrogens with zero attached hydrogens (tertiary/aromatic N) is 4. The van der Waals surface area contributed by atoms with E-state index in [4.69, 9.17) is 9.72 Å². The van der Waals surface area contributed by atoms with Crippen LogP contribution in [0.15, 0.2) is 200 Å². The van der Waals surface area contributed by atoms with E-state index < -0.39 is 0 Å². The summed E-state index contributed by atoms with van der Waals surface area (Å²) in [6.07, 6.45) is 1.85. The fourth-order valence-electron chi connectivity index (χ4n) is 8.79. The molecule has 5 heteroatoms. The van der Waals surface area contributed by atoms with Crippen LogP contribution in [0.2, 0.25) is 0 Å². The molecular weight excluding hydrogens is 745 g/mol. The van der Waals surface area contributed by atoms with Gasteiger partial charge in [0.15, 0.2) is 0 Å². The predicted molar refractivity (Wildman–Crippen MR) is 253 cm³/mol. The molecule has 1 aliphatic rings. The third-order valence-electron chi connectivity index (χ3n) is 11.8. The first kappa shape index (κ1) is 36.2. The van der Waals surface area contributed by atoms with E-state index in [0.29, 0.717) is 0 Å². The Morgan fingerprint density at radius 1 is 0.508 bits per heavy atom. The molecule has 0 spiro atoms. The summed E-state index contributed by atoms with van der Waals surface area (Å²) in [6.45, 7) is 6.77. The molecule has 61 heavy (non-hydrogen) atoms. The zero-order valence-electron chi connectivity index (χ0n) is 34.2. The second kappa shape index (κ2) is 14.5.